The number of aromatic nitrogens is 1. The van der Waals surface area contributed by atoms with E-state index in [1.54, 1.807) is 19.5 Å². The van der Waals surface area contributed by atoms with E-state index < -0.39 is 0 Å². The fourth-order valence-electron chi connectivity index (χ4n) is 2.82. The van der Waals surface area contributed by atoms with Gasteiger partial charge in [-0.2, -0.15) is 0 Å². The van der Waals surface area contributed by atoms with E-state index >= 15 is 0 Å². The zero-order valence-corrected chi connectivity index (χ0v) is 13.7. The zero-order valence-electron chi connectivity index (χ0n) is 13.7. The number of benzene rings is 1. The Labute approximate surface area is 141 Å². The molecule has 0 spiro atoms. The van der Waals surface area contributed by atoms with Gasteiger partial charge in [-0.1, -0.05) is 12.1 Å². The lowest BCUT2D eigenvalue weighted by Gasteiger charge is -2.17. The number of aliphatic hydroxyl groups excluding tert-OH is 1. The molecule has 3 rings (SSSR count). The minimum Gasteiger partial charge on any atom is -0.497 e. The molecule has 1 aromatic heterocycles. The third kappa shape index (κ3) is 3.92. The van der Waals surface area contributed by atoms with Gasteiger partial charge in [0.2, 0.25) is 0 Å². The van der Waals surface area contributed by atoms with E-state index in [2.05, 4.69) is 10.3 Å². The average Bonchev–Trinajstić information content (AvgIpc) is 3.46. The molecule has 2 aromatic rings. The largest absolute Gasteiger partial charge is 0.497 e. The highest BCUT2D eigenvalue weighted by molar-refractivity contribution is 5.95. The molecule has 1 heterocycles. The van der Waals surface area contributed by atoms with Crippen molar-refractivity contribution < 1.29 is 14.6 Å². The van der Waals surface area contributed by atoms with Gasteiger partial charge in [0.25, 0.3) is 5.91 Å². The molecule has 1 fully saturated rings. The third-order valence-corrected chi connectivity index (χ3v) is 4.37. The van der Waals surface area contributed by atoms with Crippen LogP contribution < -0.4 is 10.1 Å². The maximum atomic E-state index is 12.5. The van der Waals surface area contributed by atoms with Crippen LogP contribution in [0.1, 0.15) is 29.6 Å². The molecule has 0 saturated heterocycles. The number of pyridine rings is 1. The Bertz CT molecular complexity index is 696. The lowest BCUT2D eigenvalue weighted by molar-refractivity contribution is 0.0924. The van der Waals surface area contributed by atoms with Crippen LogP contribution in [0.3, 0.4) is 0 Å². The van der Waals surface area contributed by atoms with Gasteiger partial charge in [-0.05, 0) is 48.9 Å². The molecule has 1 aliphatic rings. The van der Waals surface area contributed by atoms with Crippen molar-refractivity contribution in [3.8, 4) is 16.9 Å². The smallest absolute Gasteiger partial charge is 0.253 e. The number of hydrogen-bond acceptors (Lipinski definition) is 4. The summed E-state index contributed by atoms with van der Waals surface area (Å²) in [6.45, 7) is 0.0889. The lowest BCUT2D eigenvalue weighted by atomic mass is 10.0. The summed E-state index contributed by atoms with van der Waals surface area (Å²) < 4.78 is 5.16. The van der Waals surface area contributed by atoms with Crippen LogP contribution in [0.15, 0.2) is 42.7 Å². The van der Waals surface area contributed by atoms with Crippen LogP contribution >= 0.6 is 0 Å². The number of ether oxygens (including phenoxy) is 1. The molecule has 1 aromatic carbocycles. The standard InChI is InChI=1S/C19H22N2O3/c1-24-17-6-4-13(5-7-17)15-10-16(12-20-11-15)19(23)21-18(8-9-22)14-2-3-14/h4-7,10-12,14,18,22H,2-3,8-9H2,1H3,(H,21,23). The Morgan fingerprint density at radius 1 is 1.29 bits per heavy atom. The Hall–Kier alpha value is -2.40. The summed E-state index contributed by atoms with van der Waals surface area (Å²) in [5, 5.41) is 12.2. The molecule has 24 heavy (non-hydrogen) atoms. The Morgan fingerprint density at radius 3 is 2.67 bits per heavy atom. The summed E-state index contributed by atoms with van der Waals surface area (Å²) in [6.07, 6.45) is 6.15. The van der Waals surface area contributed by atoms with Gasteiger partial charge in [0.05, 0.1) is 12.7 Å². The van der Waals surface area contributed by atoms with Gasteiger partial charge in [0.15, 0.2) is 0 Å². The summed E-state index contributed by atoms with van der Waals surface area (Å²) in [4.78, 5) is 16.7. The van der Waals surface area contributed by atoms with Crippen molar-refractivity contribution in [2.75, 3.05) is 13.7 Å². The quantitative estimate of drug-likeness (QED) is 0.820. The third-order valence-electron chi connectivity index (χ3n) is 4.37. The van der Waals surface area contributed by atoms with Crippen molar-refractivity contribution in [2.24, 2.45) is 5.92 Å². The van der Waals surface area contributed by atoms with E-state index in [1.165, 1.54) is 0 Å². The molecule has 1 saturated carbocycles. The summed E-state index contributed by atoms with van der Waals surface area (Å²) in [7, 11) is 1.63. The van der Waals surface area contributed by atoms with Crippen LogP contribution in [0.4, 0.5) is 0 Å². The molecule has 1 unspecified atom stereocenters. The number of nitrogens with zero attached hydrogens (tertiary/aromatic N) is 1. The van der Waals surface area contributed by atoms with E-state index in [0.717, 1.165) is 29.7 Å². The summed E-state index contributed by atoms with van der Waals surface area (Å²) in [5.41, 5.74) is 2.40. The monoisotopic (exact) mass is 326 g/mol. The molecule has 1 atom stereocenters. The highest BCUT2D eigenvalue weighted by Crippen LogP contribution is 2.34. The van der Waals surface area contributed by atoms with Crippen molar-refractivity contribution in [3.63, 3.8) is 0 Å². The highest BCUT2D eigenvalue weighted by atomic mass is 16.5. The Balaban J connectivity index is 1.75. The van der Waals surface area contributed by atoms with Gasteiger partial charge in [-0.15, -0.1) is 0 Å². The van der Waals surface area contributed by atoms with Crippen LogP contribution in [0.5, 0.6) is 5.75 Å². The number of nitrogens with one attached hydrogen (secondary N) is 1. The van der Waals surface area contributed by atoms with Crippen LogP contribution in [-0.2, 0) is 0 Å². The molecule has 0 radical (unpaired) electrons. The number of rotatable bonds is 7. The average molecular weight is 326 g/mol. The van der Waals surface area contributed by atoms with Crippen molar-refractivity contribution >= 4 is 5.91 Å². The SMILES string of the molecule is COc1ccc(-c2cncc(C(=O)NC(CCO)C3CC3)c2)cc1. The summed E-state index contributed by atoms with van der Waals surface area (Å²) >= 11 is 0. The molecule has 126 valence electrons. The number of hydrogen-bond donors (Lipinski definition) is 2. The molecule has 5 nitrogen and oxygen atoms in total. The van der Waals surface area contributed by atoms with Crippen LogP contribution in [0, 0.1) is 5.92 Å². The second-order valence-electron chi connectivity index (χ2n) is 6.12. The summed E-state index contributed by atoms with van der Waals surface area (Å²) in [6, 6.07) is 9.53. The minimum atomic E-state index is -0.136. The molecule has 1 aliphatic carbocycles. The first-order chi connectivity index (χ1) is 11.7. The molecule has 1 amide bonds. The van der Waals surface area contributed by atoms with Gasteiger partial charge in [-0.3, -0.25) is 9.78 Å². The van der Waals surface area contributed by atoms with E-state index in [1.807, 2.05) is 30.3 Å². The first-order valence-electron chi connectivity index (χ1n) is 8.22. The fraction of sp³-hybridized carbons (Fsp3) is 0.368. The van der Waals surface area contributed by atoms with Crippen molar-refractivity contribution in [1.82, 2.24) is 10.3 Å². The first-order valence-corrected chi connectivity index (χ1v) is 8.22. The van der Waals surface area contributed by atoms with Crippen molar-refractivity contribution in [1.29, 1.82) is 0 Å². The maximum absolute atomic E-state index is 12.5. The maximum Gasteiger partial charge on any atom is 0.253 e. The number of amides is 1. The topological polar surface area (TPSA) is 71.5 Å². The van der Waals surface area contributed by atoms with Gasteiger partial charge in [0.1, 0.15) is 5.75 Å². The highest BCUT2D eigenvalue weighted by Gasteiger charge is 2.32. The zero-order chi connectivity index (χ0) is 16.9. The van der Waals surface area contributed by atoms with E-state index in [9.17, 15) is 4.79 Å². The number of carbonyl (C=O) groups excluding carboxylic acids is 1. The predicted molar refractivity (Wildman–Crippen MR) is 91.9 cm³/mol. The predicted octanol–water partition coefficient (Wildman–Crippen LogP) is 2.65. The Morgan fingerprint density at radius 2 is 2.04 bits per heavy atom. The molecule has 0 bridgehead atoms. The van der Waals surface area contributed by atoms with Crippen LogP contribution in [0.2, 0.25) is 0 Å². The van der Waals surface area contributed by atoms with E-state index in [0.29, 0.717) is 17.9 Å². The van der Waals surface area contributed by atoms with Gasteiger partial charge in [-0.25, -0.2) is 0 Å². The number of carbonyl (C=O) groups is 1. The lowest BCUT2D eigenvalue weighted by Crippen LogP contribution is -2.37. The second-order valence-corrected chi connectivity index (χ2v) is 6.12. The Kier molecular flexibility index (Phi) is 5.11. The van der Waals surface area contributed by atoms with E-state index in [4.69, 9.17) is 9.84 Å². The molecule has 2 N–H and O–H groups in total. The van der Waals surface area contributed by atoms with E-state index in [-0.39, 0.29) is 18.6 Å². The van der Waals surface area contributed by atoms with Crippen LogP contribution in [0.25, 0.3) is 11.1 Å². The minimum absolute atomic E-state index is 0.0483. The van der Waals surface area contributed by atoms with Crippen molar-refractivity contribution in [2.45, 2.75) is 25.3 Å². The van der Waals surface area contributed by atoms with Gasteiger partial charge in [0, 0.05) is 30.6 Å². The van der Waals surface area contributed by atoms with Gasteiger partial charge < -0.3 is 15.2 Å². The molecule has 0 aliphatic heterocycles. The summed E-state index contributed by atoms with van der Waals surface area (Å²) in [5.74, 6) is 1.15. The molecule has 5 heteroatoms. The second kappa shape index (κ2) is 7.45. The van der Waals surface area contributed by atoms with Gasteiger partial charge >= 0.3 is 0 Å². The fourth-order valence-corrected chi connectivity index (χ4v) is 2.82. The number of methoxy groups -OCH3 is 1. The molecular formula is C19H22N2O3. The van der Waals surface area contributed by atoms with Crippen molar-refractivity contribution in [3.05, 3.63) is 48.3 Å². The normalized spacial score (nSPS) is 14.9. The molecular weight excluding hydrogens is 304 g/mol. The van der Waals surface area contributed by atoms with Crippen LogP contribution in [-0.4, -0.2) is 35.8 Å². The number of aliphatic hydroxyl groups is 1. The first kappa shape index (κ1) is 16.5.